The molecule has 0 spiro atoms. The van der Waals surface area contributed by atoms with Crippen LogP contribution in [-0.4, -0.2) is 22.1 Å². The molecule has 0 radical (unpaired) electrons. The minimum atomic E-state index is 0.696. The molecule has 1 heterocycles. The minimum absolute atomic E-state index is 0.696. The monoisotopic (exact) mass is 303 g/mol. The first-order chi connectivity index (χ1) is 10.1. The number of nitrogens with zero attached hydrogens (tertiary/aromatic N) is 2. The van der Waals surface area contributed by atoms with Gasteiger partial charge in [-0.05, 0) is 42.6 Å². The van der Waals surface area contributed by atoms with Gasteiger partial charge in [0.1, 0.15) is 0 Å². The normalized spacial score (nSPS) is 11.2. The Bertz CT molecular complexity index is 548. The van der Waals surface area contributed by atoms with E-state index >= 15 is 0 Å². The van der Waals surface area contributed by atoms with Crippen LogP contribution in [0.15, 0.2) is 41.4 Å². The third-order valence-corrected chi connectivity index (χ3v) is 4.33. The van der Waals surface area contributed by atoms with Crippen LogP contribution in [0.2, 0.25) is 0 Å². The number of aromatic nitrogens is 2. The predicted octanol–water partition coefficient (Wildman–Crippen LogP) is 3.50. The van der Waals surface area contributed by atoms with Gasteiger partial charge in [0.05, 0.1) is 0 Å². The first-order valence-electron chi connectivity index (χ1n) is 7.54. The van der Waals surface area contributed by atoms with Gasteiger partial charge in [-0.15, -0.1) is 11.8 Å². The molecule has 114 valence electrons. The van der Waals surface area contributed by atoms with Crippen molar-refractivity contribution in [2.24, 2.45) is 13.0 Å². The Kier molecular flexibility index (Phi) is 6.33. The summed E-state index contributed by atoms with van der Waals surface area (Å²) in [5.41, 5.74) is 2.65. The van der Waals surface area contributed by atoms with E-state index in [9.17, 15) is 0 Å². The highest BCUT2D eigenvalue weighted by atomic mass is 32.2. The Morgan fingerprint density at radius 1 is 1.29 bits per heavy atom. The van der Waals surface area contributed by atoms with E-state index in [2.05, 4.69) is 54.6 Å². The standard InChI is InChI=1S/C17H25N3S/c1-14(2)12-18-13-15-5-4-6-17(11-15)21-10-8-16-7-9-19-20(16)3/h4-7,9,11,14,18H,8,10,12-13H2,1-3H3. The molecule has 0 atom stereocenters. The predicted molar refractivity (Wildman–Crippen MR) is 90.6 cm³/mol. The molecule has 0 bridgehead atoms. The lowest BCUT2D eigenvalue weighted by molar-refractivity contribution is 0.552. The van der Waals surface area contributed by atoms with Gasteiger partial charge in [-0.1, -0.05) is 26.0 Å². The van der Waals surface area contributed by atoms with Crippen molar-refractivity contribution in [1.82, 2.24) is 15.1 Å². The van der Waals surface area contributed by atoms with Crippen molar-refractivity contribution in [1.29, 1.82) is 0 Å². The summed E-state index contributed by atoms with van der Waals surface area (Å²) in [5.74, 6) is 1.78. The van der Waals surface area contributed by atoms with Crippen LogP contribution < -0.4 is 5.32 Å². The molecule has 0 amide bonds. The highest BCUT2D eigenvalue weighted by molar-refractivity contribution is 7.99. The second-order valence-corrected chi connectivity index (χ2v) is 6.89. The van der Waals surface area contributed by atoms with Crippen LogP contribution in [0.4, 0.5) is 0 Å². The molecule has 1 aromatic heterocycles. The van der Waals surface area contributed by atoms with Crippen LogP contribution >= 0.6 is 11.8 Å². The molecule has 2 rings (SSSR count). The van der Waals surface area contributed by atoms with Crippen molar-refractivity contribution in [3.8, 4) is 0 Å². The Hall–Kier alpha value is -1.26. The Morgan fingerprint density at radius 2 is 2.14 bits per heavy atom. The van der Waals surface area contributed by atoms with E-state index in [1.165, 1.54) is 16.2 Å². The third kappa shape index (κ3) is 5.56. The van der Waals surface area contributed by atoms with E-state index in [-0.39, 0.29) is 0 Å². The Labute approximate surface area is 132 Å². The molecule has 2 aromatic rings. The van der Waals surface area contributed by atoms with E-state index in [0.717, 1.165) is 25.3 Å². The molecular weight excluding hydrogens is 278 g/mol. The summed E-state index contributed by atoms with van der Waals surface area (Å²) >= 11 is 1.91. The molecule has 1 N–H and O–H groups in total. The van der Waals surface area contributed by atoms with Gasteiger partial charge in [0.15, 0.2) is 0 Å². The number of hydrogen-bond acceptors (Lipinski definition) is 3. The van der Waals surface area contributed by atoms with Gasteiger partial charge in [-0.25, -0.2) is 0 Å². The smallest absolute Gasteiger partial charge is 0.0492 e. The highest BCUT2D eigenvalue weighted by Crippen LogP contribution is 2.20. The molecule has 4 heteroatoms. The molecule has 0 aliphatic rings. The summed E-state index contributed by atoms with van der Waals surface area (Å²) in [4.78, 5) is 1.35. The van der Waals surface area contributed by atoms with E-state index in [0.29, 0.717) is 5.92 Å². The summed E-state index contributed by atoms with van der Waals surface area (Å²) in [5, 5.41) is 7.70. The maximum atomic E-state index is 4.20. The molecule has 0 aliphatic carbocycles. The molecule has 3 nitrogen and oxygen atoms in total. The lowest BCUT2D eigenvalue weighted by Gasteiger charge is -2.09. The largest absolute Gasteiger partial charge is 0.312 e. The van der Waals surface area contributed by atoms with Crippen LogP contribution in [0, 0.1) is 5.92 Å². The molecule has 1 aromatic carbocycles. The van der Waals surface area contributed by atoms with Crippen LogP contribution in [0.3, 0.4) is 0 Å². The zero-order valence-corrected chi connectivity index (χ0v) is 14.0. The van der Waals surface area contributed by atoms with Gasteiger partial charge >= 0.3 is 0 Å². The van der Waals surface area contributed by atoms with Crippen molar-refractivity contribution < 1.29 is 0 Å². The second kappa shape index (κ2) is 8.25. The highest BCUT2D eigenvalue weighted by Gasteiger charge is 2.01. The quantitative estimate of drug-likeness (QED) is 0.757. The third-order valence-electron chi connectivity index (χ3n) is 3.33. The fraction of sp³-hybridized carbons (Fsp3) is 0.471. The van der Waals surface area contributed by atoms with E-state index < -0.39 is 0 Å². The van der Waals surface area contributed by atoms with Gasteiger partial charge in [0.2, 0.25) is 0 Å². The number of aryl methyl sites for hydroxylation is 2. The number of benzene rings is 1. The van der Waals surface area contributed by atoms with Crippen LogP contribution in [0.25, 0.3) is 0 Å². The lowest BCUT2D eigenvalue weighted by atomic mass is 10.2. The minimum Gasteiger partial charge on any atom is -0.312 e. The first-order valence-corrected chi connectivity index (χ1v) is 8.53. The molecule has 21 heavy (non-hydrogen) atoms. The van der Waals surface area contributed by atoms with E-state index in [1.807, 2.05) is 29.7 Å². The molecule has 0 unspecified atom stereocenters. The second-order valence-electron chi connectivity index (χ2n) is 5.72. The summed E-state index contributed by atoms with van der Waals surface area (Å²) < 4.78 is 1.95. The summed E-state index contributed by atoms with van der Waals surface area (Å²) in [6, 6.07) is 10.9. The van der Waals surface area contributed by atoms with Gasteiger partial charge < -0.3 is 5.32 Å². The molecule has 0 saturated heterocycles. The maximum absolute atomic E-state index is 4.20. The summed E-state index contributed by atoms with van der Waals surface area (Å²) in [6.45, 7) is 6.49. The molecule has 0 fully saturated rings. The Morgan fingerprint density at radius 3 is 2.86 bits per heavy atom. The van der Waals surface area contributed by atoms with Crippen molar-refractivity contribution >= 4 is 11.8 Å². The fourth-order valence-corrected chi connectivity index (χ4v) is 3.13. The van der Waals surface area contributed by atoms with Crippen molar-refractivity contribution in [3.05, 3.63) is 47.8 Å². The summed E-state index contributed by atoms with van der Waals surface area (Å²) in [7, 11) is 2.00. The fourth-order valence-electron chi connectivity index (χ4n) is 2.17. The molecular formula is C17H25N3S. The SMILES string of the molecule is CC(C)CNCc1cccc(SCCc2ccnn2C)c1. The summed E-state index contributed by atoms with van der Waals surface area (Å²) in [6.07, 6.45) is 2.91. The maximum Gasteiger partial charge on any atom is 0.0492 e. The molecule has 0 aliphatic heterocycles. The number of rotatable bonds is 8. The lowest BCUT2D eigenvalue weighted by Crippen LogP contribution is -2.18. The average molecular weight is 303 g/mol. The van der Waals surface area contributed by atoms with E-state index in [4.69, 9.17) is 0 Å². The number of nitrogens with one attached hydrogen (secondary N) is 1. The number of hydrogen-bond donors (Lipinski definition) is 1. The topological polar surface area (TPSA) is 29.9 Å². The Balaban J connectivity index is 1.79. The number of thioether (sulfide) groups is 1. The average Bonchev–Trinajstić information content (AvgIpc) is 2.85. The van der Waals surface area contributed by atoms with Crippen molar-refractivity contribution in [2.75, 3.05) is 12.3 Å². The van der Waals surface area contributed by atoms with Crippen LogP contribution in [-0.2, 0) is 20.0 Å². The van der Waals surface area contributed by atoms with E-state index in [1.54, 1.807) is 0 Å². The first kappa shape index (κ1) is 16.1. The van der Waals surface area contributed by atoms with Crippen molar-refractivity contribution in [3.63, 3.8) is 0 Å². The van der Waals surface area contributed by atoms with Gasteiger partial charge in [0, 0.05) is 36.1 Å². The molecule has 0 saturated carbocycles. The van der Waals surface area contributed by atoms with Crippen LogP contribution in [0.5, 0.6) is 0 Å². The zero-order valence-electron chi connectivity index (χ0n) is 13.2. The van der Waals surface area contributed by atoms with Gasteiger partial charge in [0.25, 0.3) is 0 Å². The van der Waals surface area contributed by atoms with Gasteiger partial charge in [-0.3, -0.25) is 4.68 Å². The van der Waals surface area contributed by atoms with Gasteiger partial charge in [-0.2, -0.15) is 5.10 Å². The van der Waals surface area contributed by atoms with Crippen molar-refractivity contribution in [2.45, 2.75) is 31.7 Å². The van der Waals surface area contributed by atoms with Crippen LogP contribution in [0.1, 0.15) is 25.1 Å². The zero-order chi connectivity index (χ0) is 15.1.